The molecule has 6 heteroatoms. The molecular formula is C19H19ClN4O. The Morgan fingerprint density at radius 3 is 2.68 bits per heavy atom. The fourth-order valence-corrected chi connectivity index (χ4v) is 2.59. The van der Waals surface area contributed by atoms with Crippen LogP contribution in [0.3, 0.4) is 0 Å². The molecule has 2 N–H and O–H groups in total. The van der Waals surface area contributed by atoms with Gasteiger partial charge >= 0.3 is 0 Å². The summed E-state index contributed by atoms with van der Waals surface area (Å²) in [5.41, 5.74) is 2.80. The van der Waals surface area contributed by atoms with Crippen LogP contribution in [0.15, 0.2) is 54.7 Å². The van der Waals surface area contributed by atoms with Crippen molar-refractivity contribution in [2.75, 3.05) is 17.2 Å². The zero-order valence-corrected chi connectivity index (χ0v) is 14.8. The van der Waals surface area contributed by atoms with Gasteiger partial charge in [-0.15, -0.1) is 0 Å². The first-order valence-corrected chi connectivity index (χ1v) is 8.38. The number of hydrogen-bond acceptors (Lipinski definition) is 5. The number of nitrogens with zero attached hydrogens (tertiary/aromatic N) is 2. The van der Waals surface area contributed by atoms with Crippen LogP contribution < -0.4 is 15.4 Å². The molecular weight excluding hydrogens is 336 g/mol. The number of benzene rings is 2. The van der Waals surface area contributed by atoms with Gasteiger partial charge in [-0.1, -0.05) is 23.7 Å². The van der Waals surface area contributed by atoms with Crippen molar-refractivity contribution >= 4 is 34.7 Å². The molecule has 1 aromatic heterocycles. The van der Waals surface area contributed by atoms with Crippen LogP contribution >= 0.6 is 11.6 Å². The molecule has 3 rings (SSSR count). The molecule has 0 spiro atoms. The zero-order chi connectivity index (χ0) is 17.6. The summed E-state index contributed by atoms with van der Waals surface area (Å²) in [6.45, 7) is 4.54. The molecule has 0 aliphatic heterocycles. The fourth-order valence-electron chi connectivity index (χ4n) is 2.37. The van der Waals surface area contributed by atoms with Crippen molar-refractivity contribution in [3.8, 4) is 5.75 Å². The Balaban J connectivity index is 1.80. The Labute approximate surface area is 152 Å². The SMILES string of the molecule is CCOc1ccccc1Nc1ccnc(Nc2ccc(Cl)cc2C)n1. The number of nitrogens with one attached hydrogen (secondary N) is 2. The van der Waals surface area contributed by atoms with Crippen molar-refractivity contribution in [1.82, 2.24) is 9.97 Å². The third-order valence-corrected chi connectivity index (χ3v) is 3.78. The monoisotopic (exact) mass is 354 g/mol. The quantitative estimate of drug-likeness (QED) is 0.627. The predicted octanol–water partition coefficient (Wildman–Crippen LogP) is 5.32. The van der Waals surface area contributed by atoms with E-state index in [0.717, 1.165) is 22.7 Å². The predicted molar refractivity (Wildman–Crippen MR) is 102 cm³/mol. The largest absolute Gasteiger partial charge is 0.492 e. The second-order valence-corrected chi connectivity index (χ2v) is 5.84. The number of aryl methyl sites for hydroxylation is 1. The summed E-state index contributed by atoms with van der Waals surface area (Å²) in [5, 5.41) is 7.18. The molecule has 0 bridgehead atoms. The second kappa shape index (κ2) is 7.85. The minimum absolute atomic E-state index is 0.504. The van der Waals surface area contributed by atoms with Gasteiger partial charge in [-0.3, -0.25) is 0 Å². The van der Waals surface area contributed by atoms with E-state index < -0.39 is 0 Å². The molecule has 25 heavy (non-hydrogen) atoms. The highest BCUT2D eigenvalue weighted by molar-refractivity contribution is 6.30. The first-order valence-electron chi connectivity index (χ1n) is 8.01. The smallest absolute Gasteiger partial charge is 0.229 e. The Bertz CT molecular complexity index is 870. The van der Waals surface area contributed by atoms with Crippen LogP contribution in [0.2, 0.25) is 5.02 Å². The highest BCUT2D eigenvalue weighted by Crippen LogP contribution is 2.27. The lowest BCUT2D eigenvalue weighted by Crippen LogP contribution is -2.02. The van der Waals surface area contributed by atoms with Gasteiger partial charge in [0.25, 0.3) is 0 Å². The number of anilines is 4. The lowest BCUT2D eigenvalue weighted by molar-refractivity contribution is 0.342. The van der Waals surface area contributed by atoms with Crippen molar-refractivity contribution in [3.05, 3.63) is 65.3 Å². The number of ether oxygens (including phenoxy) is 1. The maximum Gasteiger partial charge on any atom is 0.229 e. The number of halogens is 1. The topological polar surface area (TPSA) is 59.1 Å². The lowest BCUT2D eigenvalue weighted by Gasteiger charge is -2.13. The van der Waals surface area contributed by atoms with Crippen molar-refractivity contribution in [1.29, 1.82) is 0 Å². The molecule has 0 saturated heterocycles. The minimum atomic E-state index is 0.504. The summed E-state index contributed by atoms with van der Waals surface area (Å²) < 4.78 is 5.63. The number of aromatic nitrogens is 2. The van der Waals surface area contributed by atoms with E-state index >= 15 is 0 Å². The molecule has 0 atom stereocenters. The first kappa shape index (κ1) is 17.0. The summed E-state index contributed by atoms with van der Waals surface area (Å²) in [4.78, 5) is 8.78. The summed E-state index contributed by atoms with van der Waals surface area (Å²) in [7, 11) is 0. The van der Waals surface area contributed by atoms with E-state index in [1.807, 2.05) is 62.4 Å². The van der Waals surface area contributed by atoms with Gasteiger partial charge in [0.05, 0.1) is 12.3 Å². The maximum atomic E-state index is 6.00. The fraction of sp³-hybridized carbons (Fsp3) is 0.158. The highest BCUT2D eigenvalue weighted by Gasteiger charge is 2.06. The van der Waals surface area contributed by atoms with Gasteiger partial charge in [0, 0.05) is 16.9 Å². The van der Waals surface area contributed by atoms with Crippen LogP contribution in [0, 0.1) is 6.92 Å². The van der Waals surface area contributed by atoms with Gasteiger partial charge in [0.1, 0.15) is 11.6 Å². The Hall–Kier alpha value is -2.79. The highest BCUT2D eigenvalue weighted by atomic mass is 35.5. The van der Waals surface area contributed by atoms with E-state index in [9.17, 15) is 0 Å². The van der Waals surface area contributed by atoms with E-state index in [2.05, 4.69) is 20.6 Å². The molecule has 128 valence electrons. The van der Waals surface area contributed by atoms with Crippen LogP contribution in [0.4, 0.5) is 23.1 Å². The number of para-hydroxylation sites is 2. The third kappa shape index (κ3) is 4.39. The maximum absolute atomic E-state index is 6.00. The van der Waals surface area contributed by atoms with Gasteiger partial charge in [0.2, 0.25) is 5.95 Å². The Morgan fingerprint density at radius 1 is 1.04 bits per heavy atom. The van der Waals surface area contributed by atoms with Crippen molar-refractivity contribution in [3.63, 3.8) is 0 Å². The average molecular weight is 355 g/mol. The third-order valence-electron chi connectivity index (χ3n) is 3.54. The molecule has 0 unspecified atom stereocenters. The molecule has 0 amide bonds. The molecule has 0 aliphatic rings. The molecule has 0 fully saturated rings. The molecule has 5 nitrogen and oxygen atoms in total. The van der Waals surface area contributed by atoms with Gasteiger partial charge in [-0.25, -0.2) is 4.98 Å². The van der Waals surface area contributed by atoms with Gasteiger partial charge < -0.3 is 15.4 Å². The summed E-state index contributed by atoms with van der Waals surface area (Å²) in [6.07, 6.45) is 1.70. The normalized spacial score (nSPS) is 10.4. The van der Waals surface area contributed by atoms with Gasteiger partial charge in [-0.05, 0) is 55.8 Å². The van der Waals surface area contributed by atoms with Crippen LogP contribution in [0.5, 0.6) is 5.75 Å². The summed E-state index contributed by atoms with van der Waals surface area (Å²) in [5.74, 6) is 1.97. The minimum Gasteiger partial charge on any atom is -0.492 e. The lowest BCUT2D eigenvalue weighted by atomic mass is 10.2. The van der Waals surface area contributed by atoms with Crippen LogP contribution in [0.1, 0.15) is 12.5 Å². The van der Waals surface area contributed by atoms with E-state index in [1.165, 1.54) is 0 Å². The van der Waals surface area contributed by atoms with Crippen molar-refractivity contribution < 1.29 is 4.74 Å². The summed E-state index contributed by atoms with van der Waals surface area (Å²) >= 11 is 6.00. The molecule has 0 saturated carbocycles. The molecule has 0 aliphatic carbocycles. The van der Waals surface area contributed by atoms with Crippen LogP contribution in [0.25, 0.3) is 0 Å². The van der Waals surface area contributed by atoms with Gasteiger partial charge in [-0.2, -0.15) is 4.98 Å². The van der Waals surface area contributed by atoms with Crippen molar-refractivity contribution in [2.24, 2.45) is 0 Å². The second-order valence-electron chi connectivity index (χ2n) is 5.40. The van der Waals surface area contributed by atoms with E-state index in [4.69, 9.17) is 16.3 Å². The number of hydrogen-bond donors (Lipinski definition) is 2. The standard InChI is InChI=1S/C19H19ClN4O/c1-3-25-17-7-5-4-6-16(17)22-18-10-11-21-19(24-18)23-15-9-8-14(20)12-13(15)2/h4-12H,3H2,1-2H3,(H2,21,22,23,24). The van der Waals surface area contributed by atoms with E-state index in [0.29, 0.717) is 23.4 Å². The average Bonchev–Trinajstić information content (AvgIpc) is 2.60. The van der Waals surface area contributed by atoms with Crippen LogP contribution in [-0.4, -0.2) is 16.6 Å². The number of rotatable bonds is 6. The molecule has 2 aromatic carbocycles. The van der Waals surface area contributed by atoms with E-state index in [-0.39, 0.29) is 0 Å². The molecule has 1 heterocycles. The Kier molecular flexibility index (Phi) is 5.36. The van der Waals surface area contributed by atoms with E-state index in [1.54, 1.807) is 6.20 Å². The van der Waals surface area contributed by atoms with Crippen LogP contribution in [-0.2, 0) is 0 Å². The Morgan fingerprint density at radius 2 is 1.88 bits per heavy atom. The molecule has 3 aromatic rings. The molecule has 0 radical (unpaired) electrons. The van der Waals surface area contributed by atoms with Gasteiger partial charge in [0.15, 0.2) is 0 Å². The summed E-state index contributed by atoms with van der Waals surface area (Å²) in [6, 6.07) is 15.2. The zero-order valence-electron chi connectivity index (χ0n) is 14.1. The first-order chi connectivity index (χ1) is 12.2. The van der Waals surface area contributed by atoms with Crippen molar-refractivity contribution in [2.45, 2.75) is 13.8 Å².